The molecular formula is C24H27N3O2. The summed E-state index contributed by atoms with van der Waals surface area (Å²) in [5.74, 6) is 0.633. The summed E-state index contributed by atoms with van der Waals surface area (Å²) >= 11 is 0. The number of benzene rings is 2. The zero-order valence-corrected chi connectivity index (χ0v) is 16.9. The number of carbonyl (C=O) groups is 1. The lowest BCUT2D eigenvalue weighted by atomic mass is 9.90. The molecule has 1 aliphatic heterocycles. The second kappa shape index (κ2) is 8.60. The van der Waals surface area contributed by atoms with E-state index in [1.165, 1.54) is 15.8 Å². The first-order chi connectivity index (χ1) is 14.1. The van der Waals surface area contributed by atoms with Gasteiger partial charge in [-0.2, -0.15) is 5.10 Å². The summed E-state index contributed by atoms with van der Waals surface area (Å²) in [5.41, 5.74) is 2.47. The number of aromatic nitrogens is 2. The minimum Gasteiger partial charge on any atom is -0.341 e. The summed E-state index contributed by atoms with van der Waals surface area (Å²) in [7, 11) is 0. The van der Waals surface area contributed by atoms with E-state index in [2.05, 4.69) is 36.3 Å². The topological polar surface area (TPSA) is 55.2 Å². The second-order valence-electron chi connectivity index (χ2n) is 8.04. The van der Waals surface area contributed by atoms with E-state index in [0.29, 0.717) is 11.3 Å². The van der Waals surface area contributed by atoms with Gasteiger partial charge < -0.3 is 4.90 Å². The van der Waals surface area contributed by atoms with Crippen LogP contribution in [0.3, 0.4) is 0 Å². The number of fused-ring (bicyclic) bond motifs is 1. The van der Waals surface area contributed by atoms with Gasteiger partial charge in [-0.25, -0.2) is 4.68 Å². The maximum atomic E-state index is 12.7. The number of rotatable bonds is 5. The quantitative estimate of drug-likeness (QED) is 0.670. The fraction of sp³-hybridized carbons (Fsp3) is 0.375. The molecule has 0 saturated carbocycles. The van der Waals surface area contributed by atoms with Crippen molar-refractivity contribution in [2.45, 2.75) is 39.2 Å². The third-order valence-electron chi connectivity index (χ3n) is 5.98. The number of carbonyl (C=O) groups excluding carboxylic acids is 1. The summed E-state index contributed by atoms with van der Waals surface area (Å²) in [6.45, 7) is 3.65. The molecule has 0 unspecified atom stereocenters. The number of nitrogens with zero attached hydrogens (tertiary/aromatic N) is 3. The normalized spacial score (nSPS) is 15.0. The molecule has 0 N–H and O–H groups in total. The van der Waals surface area contributed by atoms with Crippen molar-refractivity contribution in [1.82, 2.24) is 14.7 Å². The Hall–Kier alpha value is -2.95. The standard InChI is InChI=1S/C24H27N3O2/c1-18-6-8-19(9-7-18)10-11-20-12-14-26(15-13-20)23(28)17-27-24(29)22-5-3-2-4-21(22)16-25-27/h2-9,16,20H,10-15,17H2,1H3. The molecule has 1 saturated heterocycles. The Bertz CT molecular complexity index is 1050. The van der Waals surface area contributed by atoms with Gasteiger partial charge in [0.2, 0.25) is 5.91 Å². The molecule has 2 heterocycles. The molecule has 5 heteroatoms. The molecule has 3 aromatic rings. The minimum absolute atomic E-state index is 0.0116. The Morgan fingerprint density at radius 1 is 1.07 bits per heavy atom. The van der Waals surface area contributed by atoms with E-state index in [1.54, 1.807) is 12.3 Å². The molecule has 150 valence electrons. The number of hydrogen-bond acceptors (Lipinski definition) is 3. The van der Waals surface area contributed by atoms with Crippen molar-refractivity contribution < 1.29 is 4.79 Å². The molecule has 0 bridgehead atoms. The van der Waals surface area contributed by atoms with Crippen LogP contribution in [0.15, 0.2) is 59.5 Å². The summed E-state index contributed by atoms with van der Waals surface area (Å²) in [5, 5.41) is 5.59. The molecule has 2 aromatic carbocycles. The fourth-order valence-electron chi connectivity index (χ4n) is 4.07. The van der Waals surface area contributed by atoms with Crippen LogP contribution >= 0.6 is 0 Å². The Balaban J connectivity index is 1.30. The maximum Gasteiger partial charge on any atom is 0.275 e. The Morgan fingerprint density at radius 2 is 1.79 bits per heavy atom. The van der Waals surface area contributed by atoms with E-state index in [4.69, 9.17) is 0 Å². The molecule has 0 spiro atoms. The first kappa shape index (κ1) is 19.4. The minimum atomic E-state index is -0.204. The van der Waals surface area contributed by atoms with Crippen LogP contribution in [0.2, 0.25) is 0 Å². The van der Waals surface area contributed by atoms with Crippen molar-refractivity contribution in [1.29, 1.82) is 0 Å². The van der Waals surface area contributed by atoms with Gasteiger partial charge in [0.05, 0.1) is 11.6 Å². The van der Waals surface area contributed by atoms with Crippen LogP contribution in [0.4, 0.5) is 0 Å². The van der Waals surface area contributed by atoms with Crippen molar-refractivity contribution in [2.75, 3.05) is 13.1 Å². The highest BCUT2D eigenvalue weighted by Gasteiger charge is 2.23. The largest absolute Gasteiger partial charge is 0.341 e. The highest BCUT2D eigenvalue weighted by molar-refractivity contribution is 5.81. The molecule has 4 rings (SSSR count). The van der Waals surface area contributed by atoms with Crippen molar-refractivity contribution in [3.8, 4) is 0 Å². The average Bonchev–Trinajstić information content (AvgIpc) is 2.76. The van der Waals surface area contributed by atoms with Gasteiger partial charge in [-0.15, -0.1) is 0 Å². The Morgan fingerprint density at radius 3 is 2.55 bits per heavy atom. The zero-order chi connectivity index (χ0) is 20.2. The molecule has 1 fully saturated rings. The van der Waals surface area contributed by atoms with Crippen LogP contribution in [0, 0.1) is 12.8 Å². The molecule has 1 aromatic heterocycles. The number of piperidine rings is 1. The van der Waals surface area contributed by atoms with E-state index >= 15 is 0 Å². The maximum absolute atomic E-state index is 12.7. The lowest BCUT2D eigenvalue weighted by Crippen LogP contribution is -2.42. The fourth-order valence-corrected chi connectivity index (χ4v) is 4.07. The molecule has 0 radical (unpaired) electrons. The van der Waals surface area contributed by atoms with E-state index in [-0.39, 0.29) is 18.0 Å². The van der Waals surface area contributed by atoms with Gasteiger partial charge in [0.15, 0.2) is 0 Å². The number of aryl methyl sites for hydroxylation is 2. The number of amides is 1. The third-order valence-corrected chi connectivity index (χ3v) is 5.98. The molecule has 1 aliphatic rings. The van der Waals surface area contributed by atoms with Gasteiger partial charge in [0.25, 0.3) is 5.56 Å². The van der Waals surface area contributed by atoms with Crippen molar-refractivity contribution >= 4 is 16.7 Å². The Labute approximate surface area is 171 Å². The lowest BCUT2D eigenvalue weighted by Gasteiger charge is -2.32. The lowest BCUT2D eigenvalue weighted by molar-refractivity contribution is -0.133. The first-order valence-electron chi connectivity index (χ1n) is 10.4. The third kappa shape index (κ3) is 4.56. The molecule has 5 nitrogen and oxygen atoms in total. The van der Waals surface area contributed by atoms with Gasteiger partial charge >= 0.3 is 0 Å². The van der Waals surface area contributed by atoms with E-state index in [1.807, 2.05) is 23.1 Å². The monoisotopic (exact) mass is 389 g/mol. The number of hydrogen-bond donors (Lipinski definition) is 0. The van der Waals surface area contributed by atoms with Crippen LogP contribution < -0.4 is 5.56 Å². The van der Waals surface area contributed by atoms with E-state index < -0.39 is 0 Å². The van der Waals surface area contributed by atoms with Crippen LogP contribution in [-0.4, -0.2) is 33.7 Å². The molecule has 0 atom stereocenters. The van der Waals surface area contributed by atoms with Crippen LogP contribution in [0.25, 0.3) is 10.8 Å². The van der Waals surface area contributed by atoms with Gasteiger partial charge in [-0.1, -0.05) is 48.0 Å². The van der Waals surface area contributed by atoms with Gasteiger partial charge in [-0.05, 0) is 50.2 Å². The number of likely N-dealkylation sites (tertiary alicyclic amines) is 1. The van der Waals surface area contributed by atoms with Gasteiger partial charge in [0, 0.05) is 18.5 Å². The van der Waals surface area contributed by atoms with Crippen molar-refractivity contribution in [3.05, 3.63) is 76.2 Å². The summed E-state index contributed by atoms with van der Waals surface area (Å²) < 4.78 is 1.29. The predicted molar refractivity (Wildman–Crippen MR) is 115 cm³/mol. The predicted octanol–water partition coefficient (Wildman–Crippen LogP) is 3.58. The highest BCUT2D eigenvalue weighted by atomic mass is 16.2. The van der Waals surface area contributed by atoms with Crippen LogP contribution in [-0.2, 0) is 17.8 Å². The van der Waals surface area contributed by atoms with E-state index in [0.717, 1.165) is 44.2 Å². The van der Waals surface area contributed by atoms with Gasteiger partial charge in [-0.3, -0.25) is 9.59 Å². The zero-order valence-electron chi connectivity index (χ0n) is 16.9. The Kier molecular flexibility index (Phi) is 5.74. The summed E-state index contributed by atoms with van der Waals surface area (Å²) in [6.07, 6.45) is 5.96. The van der Waals surface area contributed by atoms with Gasteiger partial charge in [0.1, 0.15) is 6.54 Å². The highest BCUT2D eigenvalue weighted by Crippen LogP contribution is 2.23. The molecule has 29 heavy (non-hydrogen) atoms. The van der Waals surface area contributed by atoms with Crippen LogP contribution in [0.1, 0.15) is 30.4 Å². The van der Waals surface area contributed by atoms with Crippen molar-refractivity contribution in [2.24, 2.45) is 5.92 Å². The molecule has 0 aliphatic carbocycles. The average molecular weight is 389 g/mol. The van der Waals surface area contributed by atoms with E-state index in [9.17, 15) is 9.59 Å². The summed E-state index contributed by atoms with van der Waals surface area (Å²) in [6, 6.07) is 16.1. The second-order valence-corrected chi connectivity index (χ2v) is 8.04. The molecule has 1 amide bonds. The molecular weight excluding hydrogens is 362 g/mol. The summed E-state index contributed by atoms with van der Waals surface area (Å²) in [4.78, 5) is 27.1. The van der Waals surface area contributed by atoms with Crippen LogP contribution in [0.5, 0.6) is 0 Å². The van der Waals surface area contributed by atoms with Crippen molar-refractivity contribution in [3.63, 3.8) is 0 Å². The smallest absolute Gasteiger partial charge is 0.275 e. The first-order valence-corrected chi connectivity index (χ1v) is 10.4. The SMILES string of the molecule is Cc1ccc(CCC2CCN(C(=O)Cn3ncc4ccccc4c3=O)CC2)cc1.